The Morgan fingerprint density at radius 2 is 0.541 bits per heavy atom. The van der Waals surface area contributed by atoms with Crippen LogP contribution in [0, 0.1) is 0 Å². The fraction of sp³-hybridized carbons (Fsp3) is 0.574. The third-order valence-electron chi connectivity index (χ3n) is 11.7. The normalized spacial score (nSPS) is 13.3. The molecule has 0 N–H and O–H groups in total. The summed E-state index contributed by atoms with van der Waals surface area (Å²) in [5, 5.41) is 0. The maximum absolute atomic E-state index is 12.9. The largest absolute Gasteiger partial charge is 0.462 e. The highest BCUT2D eigenvalue weighted by atomic mass is 16.6. The SMILES string of the molecule is CC/C=C\C/C=C\C/C=C\C/C=C\C/C=C\C/C=C\CCCCCCC(=O)OCC(COC(=O)CCCCCCC/C=C\C/C=C\CCCCCC)OC(=O)CCC/C=C\C/C=C\C/C=C\C/C=C\C/C=C\CC. The first-order valence-corrected chi connectivity index (χ1v) is 29.5. The Bertz CT molecular complexity index is 1690. The second-order valence-corrected chi connectivity index (χ2v) is 18.8. The number of carbonyl (C=O) groups is 3. The Hall–Kier alpha value is -4.97. The highest BCUT2D eigenvalue weighted by Crippen LogP contribution is 2.12. The zero-order valence-corrected chi connectivity index (χ0v) is 47.3. The van der Waals surface area contributed by atoms with E-state index in [1.165, 1.54) is 32.1 Å². The molecular formula is C68H106O6. The van der Waals surface area contributed by atoms with Crippen molar-refractivity contribution in [3.63, 3.8) is 0 Å². The molecule has 0 fully saturated rings. The van der Waals surface area contributed by atoms with E-state index >= 15 is 0 Å². The molecule has 0 bridgehead atoms. The third-order valence-corrected chi connectivity index (χ3v) is 11.7. The van der Waals surface area contributed by atoms with Crippen LogP contribution in [0.1, 0.15) is 233 Å². The smallest absolute Gasteiger partial charge is 0.306 e. The summed E-state index contributed by atoms with van der Waals surface area (Å²) in [5.41, 5.74) is 0. The summed E-state index contributed by atoms with van der Waals surface area (Å²) in [7, 11) is 0. The van der Waals surface area contributed by atoms with Gasteiger partial charge in [0.2, 0.25) is 0 Å². The number of hydrogen-bond acceptors (Lipinski definition) is 6. The van der Waals surface area contributed by atoms with Crippen LogP contribution in [0.2, 0.25) is 0 Å². The summed E-state index contributed by atoms with van der Waals surface area (Å²) in [5.74, 6) is -1.03. The number of rotatable bonds is 51. The van der Waals surface area contributed by atoms with Crippen molar-refractivity contribution in [1.29, 1.82) is 0 Å². The summed E-state index contributed by atoms with van der Waals surface area (Å²) in [6.45, 7) is 6.30. The van der Waals surface area contributed by atoms with Gasteiger partial charge in [-0.15, -0.1) is 0 Å². The minimum atomic E-state index is -0.833. The Morgan fingerprint density at radius 1 is 0.284 bits per heavy atom. The number of unbranched alkanes of at least 4 members (excludes halogenated alkanes) is 14. The maximum Gasteiger partial charge on any atom is 0.306 e. The second-order valence-electron chi connectivity index (χ2n) is 18.8. The summed E-state index contributed by atoms with van der Waals surface area (Å²) < 4.78 is 16.8. The maximum atomic E-state index is 12.9. The average molecular weight is 1020 g/mol. The zero-order valence-electron chi connectivity index (χ0n) is 47.3. The second kappa shape index (κ2) is 60.6. The molecule has 0 aliphatic carbocycles. The van der Waals surface area contributed by atoms with Gasteiger partial charge in [-0.3, -0.25) is 14.4 Å². The summed E-state index contributed by atoms with van der Waals surface area (Å²) in [4.78, 5) is 38.2. The molecule has 0 saturated carbocycles. The first-order valence-electron chi connectivity index (χ1n) is 29.5. The van der Waals surface area contributed by atoms with Crippen LogP contribution in [-0.2, 0) is 28.6 Å². The minimum Gasteiger partial charge on any atom is -0.462 e. The molecule has 74 heavy (non-hydrogen) atoms. The molecule has 0 heterocycles. The van der Waals surface area contributed by atoms with Crippen molar-refractivity contribution in [1.82, 2.24) is 0 Å². The van der Waals surface area contributed by atoms with Gasteiger partial charge in [0.25, 0.3) is 0 Å². The van der Waals surface area contributed by atoms with Gasteiger partial charge in [-0.1, -0.05) is 230 Å². The van der Waals surface area contributed by atoms with E-state index in [0.717, 1.165) is 154 Å². The van der Waals surface area contributed by atoms with Gasteiger partial charge >= 0.3 is 17.9 Å². The van der Waals surface area contributed by atoms with Gasteiger partial charge < -0.3 is 14.2 Å². The zero-order chi connectivity index (χ0) is 53.6. The lowest BCUT2D eigenvalue weighted by Crippen LogP contribution is -2.30. The number of carbonyl (C=O) groups excluding carboxylic acids is 3. The average Bonchev–Trinajstić information content (AvgIpc) is 3.40. The first kappa shape index (κ1) is 69.0. The van der Waals surface area contributed by atoms with Crippen LogP contribution in [0.3, 0.4) is 0 Å². The first-order chi connectivity index (χ1) is 36.5. The molecule has 0 rings (SSSR count). The van der Waals surface area contributed by atoms with Crippen molar-refractivity contribution in [2.24, 2.45) is 0 Å². The van der Waals surface area contributed by atoms with Crippen molar-refractivity contribution in [2.45, 2.75) is 239 Å². The van der Waals surface area contributed by atoms with E-state index < -0.39 is 6.10 Å². The van der Waals surface area contributed by atoms with Gasteiger partial charge in [0.15, 0.2) is 6.10 Å². The van der Waals surface area contributed by atoms with Gasteiger partial charge in [0, 0.05) is 19.3 Å². The van der Waals surface area contributed by atoms with Crippen LogP contribution < -0.4 is 0 Å². The number of allylic oxidation sites excluding steroid dienone is 26. The minimum absolute atomic E-state index is 0.123. The molecule has 414 valence electrons. The van der Waals surface area contributed by atoms with Gasteiger partial charge in [-0.25, -0.2) is 0 Å². The topological polar surface area (TPSA) is 78.9 Å². The Kier molecular flexibility index (Phi) is 56.5. The predicted octanol–water partition coefficient (Wildman–Crippen LogP) is 20.1. The van der Waals surface area contributed by atoms with E-state index in [-0.39, 0.29) is 37.5 Å². The molecule has 0 aromatic heterocycles. The molecule has 0 spiro atoms. The van der Waals surface area contributed by atoms with Crippen LogP contribution >= 0.6 is 0 Å². The highest BCUT2D eigenvalue weighted by molar-refractivity contribution is 5.71. The Balaban J connectivity index is 4.56. The van der Waals surface area contributed by atoms with Gasteiger partial charge in [-0.05, 0) is 141 Å². The predicted molar refractivity (Wildman–Crippen MR) is 320 cm³/mol. The number of esters is 3. The summed E-state index contributed by atoms with van der Waals surface area (Å²) >= 11 is 0. The standard InChI is InChI=1S/C68H106O6/c1-4-7-10-13-16-19-22-25-28-31-32-33-34-35-36-38-40-43-46-49-52-55-58-61-67(70)73-64-65(63-72-66(69)60-57-54-51-48-45-42-39-30-27-24-21-18-15-12-9-6-3)74-68(71)62-59-56-53-50-47-44-41-37-29-26-23-20-17-14-11-8-5-2/h7-8,10-11,16-17,19-21,24-26,28-30,32-33,35-36,39-41,43-44,50,53,65H,4-6,9,12-15,18,22-23,27,31,34,37-38,42,45-49,51-52,54-64H2,1-3H3/b10-7-,11-8-,19-16-,20-17-,24-21-,28-25-,29-26-,33-32-,36-35-,39-30-,43-40-,44-41-,53-50-. The van der Waals surface area contributed by atoms with E-state index in [2.05, 4.69) is 179 Å². The van der Waals surface area contributed by atoms with Crippen LogP contribution in [0.25, 0.3) is 0 Å². The lowest BCUT2D eigenvalue weighted by Gasteiger charge is -2.18. The van der Waals surface area contributed by atoms with Gasteiger partial charge in [-0.2, -0.15) is 0 Å². The van der Waals surface area contributed by atoms with Crippen LogP contribution in [0.15, 0.2) is 158 Å². The lowest BCUT2D eigenvalue weighted by molar-refractivity contribution is -0.167. The van der Waals surface area contributed by atoms with E-state index in [1.54, 1.807) is 0 Å². The van der Waals surface area contributed by atoms with E-state index in [1.807, 2.05) is 0 Å². The molecule has 0 aliphatic rings. The molecule has 0 aliphatic heterocycles. The number of ether oxygens (including phenoxy) is 3. The molecule has 1 atom stereocenters. The van der Waals surface area contributed by atoms with E-state index in [0.29, 0.717) is 19.3 Å². The Morgan fingerprint density at radius 3 is 0.865 bits per heavy atom. The summed E-state index contributed by atoms with van der Waals surface area (Å²) in [6, 6.07) is 0. The molecule has 0 saturated heterocycles. The van der Waals surface area contributed by atoms with Crippen LogP contribution in [0.5, 0.6) is 0 Å². The van der Waals surface area contributed by atoms with E-state index in [4.69, 9.17) is 14.2 Å². The summed E-state index contributed by atoms with van der Waals surface area (Å²) in [6.07, 6.45) is 88.1. The Labute approximate surface area is 454 Å². The molecule has 0 aromatic rings. The molecule has 1 unspecified atom stereocenters. The highest BCUT2D eigenvalue weighted by Gasteiger charge is 2.19. The van der Waals surface area contributed by atoms with Crippen molar-refractivity contribution >= 4 is 17.9 Å². The lowest BCUT2D eigenvalue weighted by atomic mass is 10.1. The van der Waals surface area contributed by atoms with E-state index in [9.17, 15) is 14.4 Å². The van der Waals surface area contributed by atoms with Crippen molar-refractivity contribution in [3.05, 3.63) is 158 Å². The third kappa shape index (κ3) is 57.9. The van der Waals surface area contributed by atoms with Gasteiger partial charge in [0.05, 0.1) is 0 Å². The van der Waals surface area contributed by atoms with Crippen LogP contribution in [0.4, 0.5) is 0 Å². The van der Waals surface area contributed by atoms with Crippen LogP contribution in [-0.4, -0.2) is 37.2 Å². The molecule has 0 radical (unpaired) electrons. The molecule has 0 amide bonds. The molecular weight excluding hydrogens is 913 g/mol. The number of hydrogen-bond donors (Lipinski definition) is 0. The van der Waals surface area contributed by atoms with Crippen molar-refractivity contribution in [2.75, 3.05) is 13.2 Å². The quantitative estimate of drug-likeness (QED) is 0.0261. The molecule has 0 aromatic carbocycles. The fourth-order valence-electron chi connectivity index (χ4n) is 7.39. The van der Waals surface area contributed by atoms with Crippen molar-refractivity contribution < 1.29 is 28.6 Å². The monoisotopic (exact) mass is 1020 g/mol. The molecule has 6 heteroatoms. The van der Waals surface area contributed by atoms with Gasteiger partial charge in [0.1, 0.15) is 13.2 Å². The van der Waals surface area contributed by atoms with Crippen molar-refractivity contribution in [3.8, 4) is 0 Å². The molecule has 6 nitrogen and oxygen atoms in total. The fourth-order valence-corrected chi connectivity index (χ4v) is 7.39.